The topological polar surface area (TPSA) is 93.3 Å². The minimum absolute atomic E-state index is 0.139. The second kappa shape index (κ2) is 6.56. The fourth-order valence-electron chi connectivity index (χ4n) is 2.90. The van der Waals surface area contributed by atoms with Gasteiger partial charge in [-0.25, -0.2) is 4.98 Å². The number of aromatic nitrogens is 2. The van der Waals surface area contributed by atoms with Gasteiger partial charge in [-0.15, -0.1) is 0 Å². The first kappa shape index (κ1) is 16.4. The third kappa shape index (κ3) is 2.73. The van der Waals surface area contributed by atoms with Crippen LogP contribution in [0.3, 0.4) is 0 Å². The van der Waals surface area contributed by atoms with Crippen molar-refractivity contribution in [3.63, 3.8) is 0 Å². The highest BCUT2D eigenvalue weighted by Crippen LogP contribution is 2.42. The van der Waals surface area contributed by atoms with Crippen LogP contribution in [0.25, 0.3) is 0 Å². The molecule has 126 valence electrons. The molecule has 0 saturated heterocycles. The highest BCUT2D eigenvalue weighted by molar-refractivity contribution is 7.98. The fraction of sp³-hybridized carbons (Fsp3) is 0.312. The van der Waals surface area contributed by atoms with Gasteiger partial charge in [-0.2, -0.15) is 0 Å². The molecule has 1 aromatic carbocycles. The van der Waals surface area contributed by atoms with Gasteiger partial charge in [0.2, 0.25) is 5.91 Å². The Labute approximate surface area is 142 Å². The maximum Gasteiger partial charge on any atom is 0.257 e. The quantitative estimate of drug-likeness (QED) is 0.649. The van der Waals surface area contributed by atoms with E-state index in [1.54, 1.807) is 25.5 Å². The number of carbonyl (C=O) groups is 1. The number of aromatic amines is 1. The Kier molecular flexibility index (Phi) is 4.48. The molecule has 1 amide bonds. The lowest BCUT2D eigenvalue weighted by molar-refractivity contribution is -0.116. The Morgan fingerprint density at radius 1 is 1.25 bits per heavy atom. The number of benzene rings is 1. The SMILES string of the molecule is COc1cccc([C@H]2CC(=O)Nc3nc(SC)[nH]c(=O)c32)c1OC. The molecule has 8 heteroatoms. The number of hydrogen-bond donors (Lipinski definition) is 2. The first-order valence-electron chi connectivity index (χ1n) is 7.28. The Morgan fingerprint density at radius 3 is 2.71 bits per heavy atom. The molecule has 2 aromatic rings. The number of carbonyl (C=O) groups excluding carboxylic acids is 1. The van der Waals surface area contributed by atoms with Crippen LogP contribution >= 0.6 is 11.8 Å². The van der Waals surface area contributed by atoms with Crippen molar-refractivity contribution >= 4 is 23.5 Å². The Hall–Kier alpha value is -2.48. The van der Waals surface area contributed by atoms with Crippen molar-refractivity contribution in [1.82, 2.24) is 9.97 Å². The highest BCUT2D eigenvalue weighted by atomic mass is 32.2. The number of hydrogen-bond acceptors (Lipinski definition) is 6. The first-order valence-corrected chi connectivity index (χ1v) is 8.50. The number of anilines is 1. The molecule has 0 radical (unpaired) electrons. The number of amides is 1. The molecular formula is C16H17N3O4S. The number of rotatable bonds is 4. The molecule has 0 fully saturated rings. The number of nitrogens with one attached hydrogen (secondary N) is 2. The van der Waals surface area contributed by atoms with Gasteiger partial charge in [0, 0.05) is 17.9 Å². The van der Waals surface area contributed by atoms with Gasteiger partial charge in [-0.05, 0) is 12.3 Å². The number of thioether (sulfide) groups is 1. The number of para-hydroxylation sites is 1. The summed E-state index contributed by atoms with van der Waals surface area (Å²) in [5.74, 6) is 0.717. The molecule has 0 saturated carbocycles. The summed E-state index contributed by atoms with van der Waals surface area (Å²) >= 11 is 1.31. The van der Waals surface area contributed by atoms with E-state index in [1.807, 2.05) is 6.07 Å². The average molecular weight is 347 g/mol. The predicted molar refractivity (Wildman–Crippen MR) is 91.3 cm³/mol. The molecule has 1 aromatic heterocycles. The van der Waals surface area contributed by atoms with Gasteiger partial charge in [-0.1, -0.05) is 23.9 Å². The van der Waals surface area contributed by atoms with Crippen LogP contribution in [0.5, 0.6) is 11.5 Å². The lowest BCUT2D eigenvalue weighted by Crippen LogP contribution is -2.31. The van der Waals surface area contributed by atoms with E-state index in [0.29, 0.717) is 28.0 Å². The van der Waals surface area contributed by atoms with Gasteiger partial charge in [0.1, 0.15) is 5.82 Å². The van der Waals surface area contributed by atoms with Gasteiger partial charge in [0.25, 0.3) is 5.56 Å². The number of methoxy groups -OCH3 is 2. The summed E-state index contributed by atoms with van der Waals surface area (Å²) in [6.07, 6.45) is 1.94. The van der Waals surface area contributed by atoms with Gasteiger partial charge in [0.15, 0.2) is 16.7 Å². The van der Waals surface area contributed by atoms with Crippen LogP contribution in [0.1, 0.15) is 23.5 Å². The van der Waals surface area contributed by atoms with Crippen molar-refractivity contribution in [3.8, 4) is 11.5 Å². The molecule has 0 unspecified atom stereocenters. The molecule has 3 rings (SSSR count). The van der Waals surface area contributed by atoms with Gasteiger partial charge in [-0.3, -0.25) is 9.59 Å². The van der Waals surface area contributed by atoms with Crippen LogP contribution in [-0.2, 0) is 4.79 Å². The molecule has 0 aliphatic carbocycles. The van der Waals surface area contributed by atoms with Crippen LogP contribution in [-0.4, -0.2) is 36.4 Å². The molecule has 1 aliphatic heterocycles. The third-order valence-corrected chi connectivity index (χ3v) is 4.51. The zero-order valence-corrected chi connectivity index (χ0v) is 14.3. The van der Waals surface area contributed by atoms with E-state index >= 15 is 0 Å². The minimum Gasteiger partial charge on any atom is -0.493 e. The number of nitrogens with zero attached hydrogens (tertiary/aromatic N) is 1. The second-order valence-electron chi connectivity index (χ2n) is 5.23. The molecule has 2 N–H and O–H groups in total. The van der Waals surface area contributed by atoms with Crippen molar-refractivity contribution in [1.29, 1.82) is 0 Å². The van der Waals surface area contributed by atoms with Gasteiger partial charge >= 0.3 is 0 Å². The van der Waals surface area contributed by atoms with Gasteiger partial charge < -0.3 is 19.8 Å². The van der Waals surface area contributed by atoms with E-state index in [4.69, 9.17) is 9.47 Å². The molecule has 24 heavy (non-hydrogen) atoms. The summed E-state index contributed by atoms with van der Waals surface area (Å²) in [7, 11) is 3.08. The third-order valence-electron chi connectivity index (χ3n) is 3.93. The van der Waals surface area contributed by atoms with Crippen molar-refractivity contribution in [2.24, 2.45) is 0 Å². The lowest BCUT2D eigenvalue weighted by atomic mass is 9.86. The Balaban J connectivity index is 2.22. The van der Waals surface area contributed by atoms with E-state index in [1.165, 1.54) is 18.9 Å². The smallest absolute Gasteiger partial charge is 0.257 e. The van der Waals surface area contributed by atoms with Crippen LogP contribution in [0.2, 0.25) is 0 Å². The zero-order chi connectivity index (χ0) is 17.3. The molecule has 7 nitrogen and oxygen atoms in total. The van der Waals surface area contributed by atoms with Crippen LogP contribution in [0.4, 0.5) is 5.82 Å². The number of fused-ring (bicyclic) bond motifs is 1. The summed E-state index contributed by atoms with van der Waals surface area (Å²) in [6.45, 7) is 0. The predicted octanol–water partition coefficient (Wildman–Crippen LogP) is 1.98. The maximum atomic E-state index is 12.6. The van der Waals surface area contributed by atoms with Crippen molar-refractivity contribution in [2.45, 2.75) is 17.5 Å². The van der Waals surface area contributed by atoms with Crippen LogP contribution in [0, 0.1) is 0 Å². The molecular weight excluding hydrogens is 330 g/mol. The van der Waals surface area contributed by atoms with Crippen LogP contribution < -0.4 is 20.3 Å². The molecule has 1 atom stereocenters. The molecule has 0 bridgehead atoms. The molecule has 0 spiro atoms. The maximum absolute atomic E-state index is 12.6. The average Bonchev–Trinajstić information content (AvgIpc) is 2.59. The van der Waals surface area contributed by atoms with E-state index in [9.17, 15) is 9.59 Å². The van der Waals surface area contributed by atoms with E-state index in [0.717, 1.165) is 5.56 Å². The van der Waals surface area contributed by atoms with E-state index in [2.05, 4.69) is 15.3 Å². The first-order chi connectivity index (χ1) is 11.6. The summed E-state index contributed by atoms with van der Waals surface area (Å²) in [5.41, 5.74) is 0.885. The van der Waals surface area contributed by atoms with E-state index in [-0.39, 0.29) is 17.9 Å². The summed E-state index contributed by atoms with van der Waals surface area (Å²) in [5, 5.41) is 3.14. The zero-order valence-electron chi connectivity index (χ0n) is 13.5. The number of ether oxygens (including phenoxy) is 2. The normalized spacial score (nSPS) is 16.3. The fourth-order valence-corrected chi connectivity index (χ4v) is 3.28. The van der Waals surface area contributed by atoms with Gasteiger partial charge in [0.05, 0.1) is 19.8 Å². The molecule has 1 aliphatic rings. The summed E-state index contributed by atoms with van der Waals surface area (Å²) in [6, 6.07) is 5.41. The second-order valence-corrected chi connectivity index (χ2v) is 6.02. The largest absolute Gasteiger partial charge is 0.493 e. The minimum atomic E-state index is -0.453. The summed E-state index contributed by atoms with van der Waals surface area (Å²) < 4.78 is 10.8. The van der Waals surface area contributed by atoms with Crippen LogP contribution in [0.15, 0.2) is 28.2 Å². The van der Waals surface area contributed by atoms with Crippen molar-refractivity contribution < 1.29 is 14.3 Å². The van der Waals surface area contributed by atoms with Crippen molar-refractivity contribution in [3.05, 3.63) is 39.7 Å². The Morgan fingerprint density at radius 2 is 2.04 bits per heavy atom. The summed E-state index contributed by atoms with van der Waals surface area (Å²) in [4.78, 5) is 31.7. The van der Waals surface area contributed by atoms with E-state index < -0.39 is 5.92 Å². The number of H-pyrrole nitrogens is 1. The highest BCUT2D eigenvalue weighted by Gasteiger charge is 2.33. The molecule has 2 heterocycles. The monoisotopic (exact) mass is 347 g/mol. The standard InChI is InChI=1S/C16H17N3O4S/c1-22-10-6-4-5-8(13(10)23-2)9-7-11(20)17-14-12(9)15(21)19-16(18-14)24-3/h4-6,9H,7H2,1-3H3,(H2,17,18,19,20,21)/t9-/m1/s1. The van der Waals surface area contributed by atoms with Crippen molar-refractivity contribution in [2.75, 3.05) is 25.8 Å². The lowest BCUT2D eigenvalue weighted by Gasteiger charge is -2.26. The Bertz CT molecular complexity index is 850.